The predicted molar refractivity (Wildman–Crippen MR) is 69.0 cm³/mol. The third-order valence-electron chi connectivity index (χ3n) is 3.90. The predicted octanol–water partition coefficient (Wildman–Crippen LogP) is 2.32. The molecule has 2 fully saturated rings. The highest BCUT2D eigenvalue weighted by molar-refractivity contribution is 5.51. The van der Waals surface area contributed by atoms with Gasteiger partial charge in [-0.1, -0.05) is 0 Å². The fourth-order valence-electron chi connectivity index (χ4n) is 2.79. The van der Waals surface area contributed by atoms with Crippen molar-refractivity contribution in [1.82, 2.24) is 0 Å². The Balaban J connectivity index is 1.76. The van der Waals surface area contributed by atoms with Gasteiger partial charge in [-0.05, 0) is 0 Å². The van der Waals surface area contributed by atoms with Gasteiger partial charge in [0.15, 0.2) is 17.4 Å². The van der Waals surface area contributed by atoms with Gasteiger partial charge in [0.25, 0.3) is 0 Å². The molecule has 110 valence electrons. The van der Waals surface area contributed by atoms with Crippen molar-refractivity contribution in [3.63, 3.8) is 0 Å². The number of methoxy groups -OCH3 is 1. The molecule has 2 aliphatic rings. The maximum atomic E-state index is 14.0. The van der Waals surface area contributed by atoms with E-state index in [0.717, 1.165) is 6.07 Å². The molecule has 1 aromatic carbocycles. The van der Waals surface area contributed by atoms with Crippen molar-refractivity contribution in [2.45, 2.75) is 18.6 Å². The average molecular weight is 285 g/mol. The number of hydrogen-bond donors (Lipinski definition) is 0. The molecule has 0 amide bonds. The summed E-state index contributed by atoms with van der Waals surface area (Å²) in [6.45, 7) is 2.35. The maximum absolute atomic E-state index is 14.0. The lowest BCUT2D eigenvalue weighted by Gasteiger charge is -2.38. The topological polar surface area (TPSA) is 30.9 Å². The van der Waals surface area contributed by atoms with Gasteiger partial charge in [-0.15, -0.1) is 0 Å². The molecule has 0 saturated carbocycles. The minimum Gasteiger partial charge on any atom is -0.494 e. The van der Waals surface area contributed by atoms with Crippen molar-refractivity contribution >= 4 is 5.69 Å². The summed E-state index contributed by atoms with van der Waals surface area (Å²) in [4.78, 5) is 1.81. The number of hydrogen-bond acceptors (Lipinski definition) is 4. The summed E-state index contributed by atoms with van der Waals surface area (Å²) in [7, 11) is 1.32. The smallest absolute Gasteiger partial charge is 0.171 e. The van der Waals surface area contributed by atoms with E-state index in [2.05, 4.69) is 0 Å². The van der Waals surface area contributed by atoms with E-state index < -0.39 is 17.4 Å². The number of rotatable bonds is 2. The summed E-state index contributed by atoms with van der Waals surface area (Å²) < 4.78 is 43.7. The summed E-state index contributed by atoms with van der Waals surface area (Å²) in [6.07, 6.45) is 1.31. The lowest BCUT2D eigenvalue weighted by Crippen LogP contribution is -2.45. The lowest BCUT2D eigenvalue weighted by molar-refractivity contribution is -0.169. The van der Waals surface area contributed by atoms with Gasteiger partial charge >= 0.3 is 0 Å². The molecule has 0 bridgehead atoms. The maximum Gasteiger partial charge on any atom is 0.171 e. The Hall–Kier alpha value is -1.40. The lowest BCUT2D eigenvalue weighted by atomic mass is 10.0. The van der Waals surface area contributed by atoms with Crippen LogP contribution >= 0.6 is 0 Å². The zero-order chi connectivity index (χ0) is 14.2. The van der Waals surface area contributed by atoms with Gasteiger partial charge in [-0.2, -0.15) is 0 Å². The molecule has 0 aromatic heterocycles. The van der Waals surface area contributed by atoms with E-state index in [0.29, 0.717) is 39.1 Å². The number of nitrogens with zero attached hydrogens (tertiary/aromatic N) is 1. The van der Waals surface area contributed by atoms with Crippen LogP contribution < -0.4 is 9.64 Å². The summed E-state index contributed by atoms with van der Waals surface area (Å²) in [5.41, 5.74) is 0.260. The SMILES string of the molecule is COc1cc(F)c(N2CCC3(CC2)OCCO3)cc1F. The highest BCUT2D eigenvalue weighted by atomic mass is 19.1. The van der Waals surface area contributed by atoms with Crippen LogP contribution in [0, 0.1) is 11.6 Å². The van der Waals surface area contributed by atoms with Gasteiger partial charge < -0.3 is 19.1 Å². The molecular weight excluding hydrogens is 268 g/mol. The van der Waals surface area contributed by atoms with Crippen molar-refractivity contribution in [3.05, 3.63) is 23.8 Å². The van der Waals surface area contributed by atoms with Crippen LogP contribution in [0.4, 0.5) is 14.5 Å². The summed E-state index contributed by atoms with van der Waals surface area (Å²) >= 11 is 0. The van der Waals surface area contributed by atoms with E-state index in [1.54, 1.807) is 0 Å². The van der Waals surface area contributed by atoms with Crippen LogP contribution in [-0.2, 0) is 9.47 Å². The van der Waals surface area contributed by atoms with Gasteiger partial charge in [0.05, 0.1) is 26.0 Å². The highest BCUT2D eigenvalue weighted by Gasteiger charge is 2.40. The van der Waals surface area contributed by atoms with Crippen molar-refractivity contribution < 1.29 is 23.0 Å². The zero-order valence-corrected chi connectivity index (χ0v) is 11.3. The van der Waals surface area contributed by atoms with Gasteiger partial charge in [-0.3, -0.25) is 0 Å². The van der Waals surface area contributed by atoms with Crippen LogP contribution in [0.1, 0.15) is 12.8 Å². The highest BCUT2D eigenvalue weighted by Crippen LogP contribution is 2.35. The fraction of sp³-hybridized carbons (Fsp3) is 0.571. The Bertz CT molecular complexity index is 493. The molecule has 0 aliphatic carbocycles. The first kappa shape index (κ1) is 13.6. The third kappa shape index (κ3) is 2.33. The third-order valence-corrected chi connectivity index (χ3v) is 3.90. The molecule has 1 spiro atoms. The molecule has 6 heteroatoms. The molecule has 20 heavy (non-hydrogen) atoms. The number of anilines is 1. The number of benzene rings is 1. The average Bonchev–Trinajstić information content (AvgIpc) is 2.90. The number of halogens is 2. The fourth-order valence-corrected chi connectivity index (χ4v) is 2.79. The Morgan fingerprint density at radius 3 is 2.35 bits per heavy atom. The Kier molecular flexibility index (Phi) is 3.52. The Morgan fingerprint density at radius 1 is 1.10 bits per heavy atom. The first-order chi connectivity index (χ1) is 9.63. The standard InChI is InChI=1S/C14H17F2NO3/c1-18-13-9-10(15)12(8-11(13)16)17-4-2-14(3-5-17)19-6-7-20-14/h8-9H,2-7H2,1H3. The second-order valence-corrected chi connectivity index (χ2v) is 5.03. The summed E-state index contributed by atoms with van der Waals surface area (Å²) in [6, 6.07) is 2.26. The van der Waals surface area contributed by atoms with Crippen LogP contribution in [0.5, 0.6) is 5.75 Å². The van der Waals surface area contributed by atoms with Gasteiger partial charge in [0.2, 0.25) is 0 Å². The molecule has 3 rings (SSSR count). The molecule has 0 atom stereocenters. The van der Waals surface area contributed by atoms with Crippen LogP contribution in [0.25, 0.3) is 0 Å². The van der Waals surface area contributed by atoms with Crippen LogP contribution in [0.15, 0.2) is 12.1 Å². The van der Waals surface area contributed by atoms with Crippen molar-refractivity contribution in [2.24, 2.45) is 0 Å². The molecule has 2 saturated heterocycles. The quantitative estimate of drug-likeness (QED) is 0.834. The van der Waals surface area contributed by atoms with E-state index in [1.807, 2.05) is 4.90 Å². The van der Waals surface area contributed by atoms with E-state index in [9.17, 15) is 8.78 Å². The zero-order valence-electron chi connectivity index (χ0n) is 11.3. The van der Waals surface area contributed by atoms with E-state index in [4.69, 9.17) is 14.2 Å². The van der Waals surface area contributed by atoms with Gasteiger partial charge in [0.1, 0.15) is 5.82 Å². The summed E-state index contributed by atoms with van der Waals surface area (Å²) in [5.74, 6) is -1.63. The van der Waals surface area contributed by atoms with Crippen LogP contribution in [0.3, 0.4) is 0 Å². The minimum atomic E-state index is -0.558. The summed E-state index contributed by atoms with van der Waals surface area (Å²) in [5, 5.41) is 0. The Labute approximate surface area is 116 Å². The molecule has 0 N–H and O–H groups in total. The normalized spacial score (nSPS) is 21.4. The molecule has 0 radical (unpaired) electrons. The van der Waals surface area contributed by atoms with E-state index >= 15 is 0 Å². The molecule has 4 nitrogen and oxygen atoms in total. The first-order valence-electron chi connectivity index (χ1n) is 6.69. The number of piperidine rings is 1. The molecular formula is C14H17F2NO3. The van der Waals surface area contributed by atoms with Crippen molar-refractivity contribution in [3.8, 4) is 5.75 Å². The molecule has 2 aliphatic heterocycles. The first-order valence-corrected chi connectivity index (χ1v) is 6.69. The van der Waals surface area contributed by atoms with E-state index in [-0.39, 0.29) is 11.4 Å². The second kappa shape index (κ2) is 5.18. The van der Waals surface area contributed by atoms with Crippen LogP contribution in [0.2, 0.25) is 0 Å². The molecule has 1 aromatic rings. The second-order valence-electron chi connectivity index (χ2n) is 5.03. The van der Waals surface area contributed by atoms with Crippen LogP contribution in [-0.4, -0.2) is 39.2 Å². The number of ether oxygens (including phenoxy) is 3. The minimum absolute atomic E-state index is 0.0813. The van der Waals surface area contributed by atoms with Gasteiger partial charge in [0, 0.05) is 38.1 Å². The van der Waals surface area contributed by atoms with Crippen molar-refractivity contribution in [1.29, 1.82) is 0 Å². The molecule has 2 heterocycles. The van der Waals surface area contributed by atoms with E-state index in [1.165, 1.54) is 13.2 Å². The molecule has 0 unspecified atom stereocenters. The monoisotopic (exact) mass is 285 g/mol. The van der Waals surface area contributed by atoms with Gasteiger partial charge in [-0.25, -0.2) is 8.78 Å². The Morgan fingerprint density at radius 2 is 1.75 bits per heavy atom. The van der Waals surface area contributed by atoms with Crippen molar-refractivity contribution in [2.75, 3.05) is 38.3 Å². The largest absolute Gasteiger partial charge is 0.494 e.